The molecule has 0 atom stereocenters. The summed E-state index contributed by atoms with van der Waals surface area (Å²) in [4.78, 5) is 10.9. The number of hydrogen-bond acceptors (Lipinski definition) is 5. The first kappa shape index (κ1) is 15.7. The number of ether oxygens (including phenoxy) is 2. The minimum absolute atomic E-state index is 0.290. The van der Waals surface area contributed by atoms with Gasteiger partial charge in [-0.25, -0.2) is 4.98 Å². The van der Waals surface area contributed by atoms with Gasteiger partial charge >= 0.3 is 0 Å². The van der Waals surface area contributed by atoms with Crippen LogP contribution in [0.4, 0.5) is 5.69 Å². The van der Waals surface area contributed by atoms with Crippen molar-refractivity contribution in [3.63, 3.8) is 0 Å². The number of fused-ring (bicyclic) bond motifs is 1. The minimum Gasteiger partial charge on any atom is -0.470 e. The van der Waals surface area contributed by atoms with Crippen LogP contribution in [-0.2, 0) is 17.8 Å². The van der Waals surface area contributed by atoms with E-state index in [1.807, 2.05) is 39.0 Å². The molecule has 122 valence electrons. The standard InChI is InChI=1S/C18H23N3O2/c1-18(2,3)23-17-16-15(19-12-20-17)9-10-21(16)13-22-11-14-7-5-4-6-8-14/h4-8,12H,9-11,13H2,1-3H3. The van der Waals surface area contributed by atoms with Crippen LogP contribution in [0.5, 0.6) is 5.88 Å². The van der Waals surface area contributed by atoms with E-state index in [1.165, 1.54) is 5.56 Å². The Bertz CT molecular complexity index is 653. The van der Waals surface area contributed by atoms with Crippen molar-refractivity contribution in [3.05, 3.63) is 47.9 Å². The van der Waals surface area contributed by atoms with E-state index in [0.29, 0.717) is 19.2 Å². The molecule has 1 aromatic carbocycles. The third-order valence-electron chi connectivity index (χ3n) is 3.56. The Morgan fingerprint density at radius 1 is 1.13 bits per heavy atom. The summed E-state index contributed by atoms with van der Waals surface area (Å²) in [6, 6.07) is 10.2. The smallest absolute Gasteiger partial charge is 0.241 e. The Balaban J connectivity index is 1.68. The lowest BCUT2D eigenvalue weighted by Gasteiger charge is -2.25. The molecule has 5 nitrogen and oxygen atoms in total. The Kier molecular flexibility index (Phi) is 4.48. The van der Waals surface area contributed by atoms with Crippen LogP contribution < -0.4 is 9.64 Å². The van der Waals surface area contributed by atoms with E-state index in [1.54, 1.807) is 6.33 Å². The maximum absolute atomic E-state index is 5.99. The topological polar surface area (TPSA) is 47.5 Å². The van der Waals surface area contributed by atoms with E-state index in [2.05, 4.69) is 27.0 Å². The summed E-state index contributed by atoms with van der Waals surface area (Å²) in [5.41, 5.74) is 2.88. The van der Waals surface area contributed by atoms with Crippen LogP contribution in [0.1, 0.15) is 32.0 Å². The molecule has 0 bridgehead atoms. The zero-order valence-corrected chi connectivity index (χ0v) is 14.0. The quantitative estimate of drug-likeness (QED) is 0.848. The highest BCUT2D eigenvalue weighted by Gasteiger charge is 2.27. The summed E-state index contributed by atoms with van der Waals surface area (Å²) in [6.45, 7) is 8.04. The molecule has 0 amide bonds. The number of nitrogens with zero attached hydrogens (tertiary/aromatic N) is 3. The second kappa shape index (κ2) is 6.54. The number of anilines is 1. The molecule has 1 aliphatic heterocycles. The van der Waals surface area contributed by atoms with Crippen molar-refractivity contribution >= 4 is 5.69 Å². The molecule has 3 rings (SSSR count). The highest BCUT2D eigenvalue weighted by Crippen LogP contribution is 2.35. The first-order valence-corrected chi connectivity index (χ1v) is 7.92. The van der Waals surface area contributed by atoms with Gasteiger partial charge in [0.1, 0.15) is 24.3 Å². The second-order valence-electron chi connectivity index (χ2n) is 6.67. The predicted molar refractivity (Wildman–Crippen MR) is 89.6 cm³/mol. The van der Waals surface area contributed by atoms with Gasteiger partial charge in [0.05, 0.1) is 12.3 Å². The minimum atomic E-state index is -0.290. The van der Waals surface area contributed by atoms with Crippen LogP contribution in [0, 0.1) is 0 Å². The van der Waals surface area contributed by atoms with Crippen LogP contribution in [-0.4, -0.2) is 28.8 Å². The van der Waals surface area contributed by atoms with Crippen LogP contribution in [0.15, 0.2) is 36.7 Å². The van der Waals surface area contributed by atoms with Crippen molar-refractivity contribution in [1.82, 2.24) is 9.97 Å². The lowest BCUT2D eigenvalue weighted by atomic mass is 10.2. The highest BCUT2D eigenvalue weighted by molar-refractivity contribution is 5.61. The molecule has 0 radical (unpaired) electrons. The first-order chi connectivity index (χ1) is 11.0. The van der Waals surface area contributed by atoms with Gasteiger partial charge < -0.3 is 14.4 Å². The van der Waals surface area contributed by atoms with E-state index < -0.39 is 0 Å². The Morgan fingerprint density at radius 2 is 1.91 bits per heavy atom. The maximum Gasteiger partial charge on any atom is 0.241 e. The van der Waals surface area contributed by atoms with Crippen molar-refractivity contribution in [2.75, 3.05) is 18.2 Å². The van der Waals surface area contributed by atoms with Crippen molar-refractivity contribution in [2.45, 2.75) is 39.4 Å². The van der Waals surface area contributed by atoms with Gasteiger partial charge in [0.15, 0.2) is 0 Å². The second-order valence-corrected chi connectivity index (χ2v) is 6.67. The summed E-state index contributed by atoms with van der Waals surface area (Å²) < 4.78 is 11.9. The monoisotopic (exact) mass is 313 g/mol. The number of rotatable bonds is 5. The van der Waals surface area contributed by atoms with Crippen molar-refractivity contribution < 1.29 is 9.47 Å². The fourth-order valence-electron chi connectivity index (χ4n) is 2.59. The normalized spacial score (nSPS) is 14.0. The summed E-state index contributed by atoms with van der Waals surface area (Å²) in [5.74, 6) is 0.642. The van der Waals surface area contributed by atoms with Gasteiger partial charge in [-0.05, 0) is 26.3 Å². The zero-order chi connectivity index (χ0) is 16.3. The van der Waals surface area contributed by atoms with Gasteiger partial charge in [-0.15, -0.1) is 0 Å². The number of benzene rings is 1. The maximum atomic E-state index is 5.99. The van der Waals surface area contributed by atoms with Gasteiger partial charge in [0, 0.05) is 13.0 Å². The third-order valence-corrected chi connectivity index (χ3v) is 3.56. The molecule has 2 heterocycles. The van der Waals surface area contributed by atoms with Crippen LogP contribution in [0.2, 0.25) is 0 Å². The average molecular weight is 313 g/mol. The summed E-state index contributed by atoms with van der Waals surface area (Å²) >= 11 is 0. The van der Waals surface area contributed by atoms with E-state index in [-0.39, 0.29) is 5.60 Å². The summed E-state index contributed by atoms with van der Waals surface area (Å²) in [7, 11) is 0. The average Bonchev–Trinajstić information content (AvgIpc) is 2.91. The fourth-order valence-corrected chi connectivity index (χ4v) is 2.59. The van der Waals surface area contributed by atoms with E-state index in [4.69, 9.17) is 9.47 Å². The molecule has 1 aromatic heterocycles. The molecule has 2 aromatic rings. The molecule has 0 N–H and O–H groups in total. The molecule has 5 heteroatoms. The SMILES string of the molecule is CC(C)(C)Oc1ncnc2c1N(COCc1ccccc1)CC2. The van der Waals surface area contributed by atoms with Crippen LogP contribution in [0.3, 0.4) is 0 Å². The van der Waals surface area contributed by atoms with Gasteiger partial charge in [0.2, 0.25) is 5.88 Å². The Morgan fingerprint density at radius 3 is 2.65 bits per heavy atom. The lowest BCUT2D eigenvalue weighted by Crippen LogP contribution is -2.28. The number of aromatic nitrogens is 2. The molecule has 0 fully saturated rings. The van der Waals surface area contributed by atoms with E-state index in [9.17, 15) is 0 Å². The van der Waals surface area contributed by atoms with Crippen LogP contribution in [0.25, 0.3) is 0 Å². The number of hydrogen-bond donors (Lipinski definition) is 0. The summed E-state index contributed by atoms with van der Waals surface area (Å²) in [6.07, 6.45) is 2.47. The molecule has 0 saturated heterocycles. The van der Waals surface area contributed by atoms with Gasteiger partial charge in [-0.2, -0.15) is 4.98 Å². The predicted octanol–water partition coefficient (Wildman–Crippen LogP) is 3.19. The fraction of sp³-hybridized carbons (Fsp3) is 0.444. The largest absolute Gasteiger partial charge is 0.470 e. The Hall–Kier alpha value is -2.14. The molecule has 0 unspecified atom stereocenters. The van der Waals surface area contributed by atoms with Crippen LogP contribution >= 0.6 is 0 Å². The molecular formula is C18H23N3O2. The van der Waals surface area contributed by atoms with Gasteiger partial charge in [-0.3, -0.25) is 0 Å². The molecule has 1 aliphatic rings. The lowest BCUT2D eigenvalue weighted by molar-refractivity contribution is 0.114. The van der Waals surface area contributed by atoms with E-state index in [0.717, 1.165) is 24.3 Å². The molecule has 0 saturated carbocycles. The highest BCUT2D eigenvalue weighted by atomic mass is 16.5. The van der Waals surface area contributed by atoms with E-state index >= 15 is 0 Å². The van der Waals surface area contributed by atoms with Crippen molar-refractivity contribution in [1.29, 1.82) is 0 Å². The van der Waals surface area contributed by atoms with Crippen molar-refractivity contribution in [3.8, 4) is 5.88 Å². The summed E-state index contributed by atoms with van der Waals surface area (Å²) in [5, 5.41) is 0. The van der Waals surface area contributed by atoms with Gasteiger partial charge in [0.25, 0.3) is 0 Å². The first-order valence-electron chi connectivity index (χ1n) is 7.92. The Labute approximate surface area is 137 Å². The zero-order valence-electron chi connectivity index (χ0n) is 14.0. The van der Waals surface area contributed by atoms with Crippen molar-refractivity contribution in [2.24, 2.45) is 0 Å². The third kappa shape index (κ3) is 3.99. The molecular weight excluding hydrogens is 290 g/mol. The molecule has 23 heavy (non-hydrogen) atoms. The molecule has 0 aliphatic carbocycles. The molecule has 0 spiro atoms. The van der Waals surface area contributed by atoms with Gasteiger partial charge in [-0.1, -0.05) is 30.3 Å².